The van der Waals surface area contributed by atoms with E-state index in [1.807, 2.05) is 30.3 Å². The average Bonchev–Trinajstić information content (AvgIpc) is 2.46. The number of rotatable bonds is 5. The fourth-order valence-electron chi connectivity index (χ4n) is 1.69. The molecule has 0 aliphatic rings. The number of aromatic nitrogens is 1. The van der Waals surface area contributed by atoms with Crippen LogP contribution in [-0.2, 0) is 6.42 Å². The zero-order valence-corrected chi connectivity index (χ0v) is 9.87. The molecule has 0 N–H and O–H groups in total. The molecule has 3 nitrogen and oxygen atoms in total. The van der Waals surface area contributed by atoms with Crippen LogP contribution in [0, 0.1) is 0 Å². The molecule has 0 unspecified atom stereocenters. The third kappa shape index (κ3) is 3.10. The van der Waals surface area contributed by atoms with Crippen LogP contribution in [0.5, 0.6) is 0 Å². The third-order valence-electron chi connectivity index (χ3n) is 2.71. The molecular formula is C15H13NO2. The van der Waals surface area contributed by atoms with Crippen LogP contribution in [0.25, 0.3) is 0 Å². The van der Waals surface area contributed by atoms with Gasteiger partial charge in [0, 0.05) is 18.2 Å². The lowest BCUT2D eigenvalue weighted by atomic mass is 10.0. The summed E-state index contributed by atoms with van der Waals surface area (Å²) in [7, 11) is 0. The van der Waals surface area contributed by atoms with Gasteiger partial charge >= 0.3 is 0 Å². The maximum Gasteiger partial charge on any atom is 0.168 e. The van der Waals surface area contributed by atoms with E-state index in [2.05, 4.69) is 4.98 Å². The van der Waals surface area contributed by atoms with E-state index in [0.717, 1.165) is 12.0 Å². The first-order chi connectivity index (χ1) is 8.79. The number of carbonyl (C=O) groups excluding carboxylic acids is 2. The van der Waals surface area contributed by atoms with Gasteiger partial charge in [0.1, 0.15) is 5.69 Å². The van der Waals surface area contributed by atoms with Crippen LogP contribution < -0.4 is 0 Å². The predicted molar refractivity (Wildman–Crippen MR) is 68.7 cm³/mol. The lowest BCUT2D eigenvalue weighted by Gasteiger charge is -2.01. The van der Waals surface area contributed by atoms with E-state index in [1.54, 1.807) is 12.1 Å². The molecule has 1 aromatic carbocycles. The van der Waals surface area contributed by atoms with Crippen LogP contribution in [0.1, 0.15) is 32.8 Å². The van der Waals surface area contributed by atoms with Crippen molar-refractivity contribution in [2.45, 2.75) is 12.8 Å². The summed E-state index contributed by atoms with van der Waals surface area (Å²) in [4.78, 5) is 26.2. The summed E-state index contributed by atoms with van der Waals surface area (Å²) < 4.78 is 0. The maximum absolute atomic E-state index is 11.9. The summed E-state index contributed by atoms with van der Waals surface area (Å²) in [5.41, 5.74) is 2.04. The number of hydrogen-bond donors (Lipinski definition) is 0. The highest BCUT2D eigenvalue weighted by Crippen LogP contribution is 2.08. The van der Waals surface area contributed by atoms with Gasteiger partial charge in [0.05, 0.1) is 0 Å². The first kappa shape index (κ1) is 12.2. The Bertz CT molecular complexity index is 532. The molecule has 0 aliphatic heterocycles. The van der Waals surface area contributed by atoms with Gasteiger partial charge in [0.15, 0.2) is 12.1 Å². The van der Waals surface area contributed by atoms with Crippen molar-refractivity contribution in [2.75, 3.05) is 0 Å². The number of pyridine rings is 1. The fraction of sp³-hybridized carbons (Fsp3) is 0.133. The molecule has 2 aromatic rings. The van der Waals surface area contributed by atoms with Crippen LogP contribution in [0.4, 0.5) is 0 Å². The monoisotopic (exact) mass is 239 g/mol. The van der Waals surface area contributed by atoms with Crippen molar-refractivity contribution < 1.29 is 9.59 Å². The van der Waals surface area contributed by atoms with Crippen LogP contribution in [0.3, 0.4) is 0 Å². The Morgan fingerprint density at radius 3 is 2.50 bits per heavy atom. The second kappa shape index (κ2) is 5.87. The molecule has 0 amide bonds. The standard InChI is InChI=1S/C15H13NO2/c17-11-14-8-7-13(10-16-14)15(18)9-6-12-4-2-1-3-5-12/h1-5,7-8,10-11H,6,9H2. The van der Waals surface area contributed by atoms with Crippen molar-refractivity contribution in [1.82, 2.24) is 4.98 Å². The van der Waals surface area contributed by atoms with E-state index in [1.165, 1.54) is 6.20 Å². The molecule has 0 spiro atoms. The summed E-state index contributed by atoms with van der Waals surface area (Å²) in [6.07, 6.45) is 3.29. The van der Waals surface area contributed by atoms with Crippen molar-refractivity contribution in [2.24, 2.45) is 0 Å². The maximum atomic E-state index is 11.9. The molecule has 90 valence electrons. The smallest absolute Gasteiger partial charge is 0.168 e. The highest BCUT2D eigenvalue weighted by molar-refractivity contribution is 5.96. The topological polar surface area (TPSA) is 47.0 Å². The van der Waals surface area contributed by atoms with Crippen molar-refractivity contribution in [1.29, 1.82) is 0 Å². The second-order valence-electron chi connectivity index (χ2n) is 4.00. The van der Waals surface area contributed by atoms with Gasteiger partial charge in [-0.1, -0.05) is 30.3 Å². The van der Waals surface area contributed by atoms with Crippen LogP contribution in [0.15, 0.2) is 48.7 Å². The average molecular weight is 239 g/mol. The second-order valence-corrected chi connectivity index (χ2v) is 4.00. The van der Waals surface area contributed by atoms with E-state index >= 15 is 0 Å². The zero-order chi connectivity index (χ0) is 12.8. The molecule has 0 radical (unpaired) electrons. The van der Waals surface area contributed by atoms with E-state index in [4.69, 9.17) is 0 Å². The molecule has 0 atom stereocenters. The number of benzene rings is 1. The van der Waals surface area contributed by atoms with Gasteiger partial charge in [-0.2, -0.15) is 0 Å². The number of nitrogens with zero attached hydrogens (tertiary/aromatic N) is 1. The summed E-state index contributed by atoms with van der Waals surface area (Å²) in [5.74, 6) is 0.0452. The minimum Gasteiger partial charge on any atom is -0.296 e. The quantitative estimate of drug-likeness (QED) is 0.595. The minimum atomic E-state index is 0.0452. The van der Waals surface area contributed by atoms with E-state index < -0.39 is 0 Å². The number of aryl methyl sites for hydroxylation is 1. The number of carbonyl (C=O) groups is 2. The molecule has 0 saturated carbocycles. The summed E-state index contributed by atoms with van der Waals surface area (Å²) >= 11 is 0. The zero-order valence-electron chi connectivity index (χ0n) is 9.87. The van der Waals surface area contributed by atoms with Crippen molar-refractivity contribution in [3.63, 3.8) is 0 Å². The summed E-state index contributed by atoms with van der Waals surface area (Å²) in [6.45, 7) is 0. The summed E-state index contributed by atoms with van der Waals surface area (Å²) in [6, 6.07) is 13.1. The van der Waals surface area contributed by atoms with Crippen LogP contribution >= 0.6 is 0 Å². The molecule has 1 aromatic heterocycles. The first-order valence-corrected chi connectivity index (χ1v) is 5.78. The largest absolute Gasteiger partial charge is 0.296 e. The number of aldehydes is 1. The Morgan fingerprint density at radius 1 is 1.11 bits per heavy atom. The lowest BCUT2D eigenvalue weighted by Crippen LogP contribution is -2.02. The predicted octanol–water partition coefficient (Wildman–Crippen LogP) is 2.71. The highest BCUT2D eigenvalue weighted by atomic mass is 16.1. The van der Waals surface area contributed by atoms with E-state index in [-0.39, 0.29) is 5.78 Å². The molecule has 0 aliphatic carbocycles. The Labute approximate surface area is 105 Å². The normalized spacial score (nSPS) is 10.0. The molecule has 0 bridgehead atoms. The van der Waals surface area contributed by atoms with E-state index in [0.29, 0.717) is 24.0 Å². The number of hydrogen-bond acceptors (Lipinski definition) is 3. The van der Waals surface area contributed by atoms with Gasteiger partial charge in [-0.05, 0) is 24.1 Å². The minimum absolute atomic E-state index is 0.0452. The Balaban J connectivity index is 1.97. The van der Waals surface area contributed by atoms with E-state index in [9.17, 15) is 9.59 Å². The third-order valence-corrected chi connectivity index (χ3v) is 2.71. The Hall–Kier alpha value is -2.29. The van der Waals surface area contributed by atoms with Crippen molar-refractivity contribution in [3.05, 3.63) is 65.5 Å². The molecule has 2 rings (SSSR count). The van der Waals surface area contributed by atoms with Crippen molar-refractivity contribution >= 4 is 12.1 Å². The van der Waals surface area contributed by atoms with Gasteiger partial charge in [-0.15, -0.1) is 0 Å². The number of Topliss-reactive ketones (excluding diaryl/α,β-unsaturated/α-hetero) is 1. The molecule has 0 saturated heterocycles. The molecular weight excluding hydrogens is 226 g/mol. The summed E-state index contributed by atoms with van der Waals surface area (Å²) in [5, 5.41) is 0. The number of ketones is 1. The fourth-order valence-corrected chi connectivity index (χ4v) is 1.69. The van der Waals surface area contributed by atoms with Gasteiger partial charge in [-0.3, -0.25) is 14.6 Å². The molecule has 18 heavy (non-hydrogen) atoms. The van der Waals surface area contributed by atoms with Gasteiger partial charge in [-0.25, -0.2) is 0 Å². The lowest BCUT2D eigenvalue weighted by molar-refractivity contribution is 0.0981. The van der Waals surface area contributed by atoms with Gasteiger partial charge in [0.2, 0.25) is 0 Å². The van der Waals surface area contributed by atoms with Crippen LogP contribution in [-0.4, -0.2) is 17.1 Å². The molecule has 1 heterocycles. The highest BCUT2D eigenvalue weighted by Gasteiger charge is 2.06. The first-order valence-electron chi connectivity index (χ1n) is 5.78. The Morgan fingerprint density at radius 2 is 1.89 bits per heavy atom. The molecule has 0 fully saturated rings. The van der Waals surface area contributed by atoms with Gasteiger partial charge in [0.25, 0.3) is 0 Å². The SMILES string of the molecule is O=Cc1ccc(C(=O)CCc2ccccc2)cn1. The Kier molecular flexibility index (Phi) is 3.97. The van der Waals surface area contributed by atoms with Crippen LogP contribution in [0.2, 0.25) is 0 Å². The van der Waals surface area contributed by atoms with Crippen molar-refractivity contribution in [3.8, 4) is 0 Å². The molecule has 3 heteroatoms. The van der Waals surface area contributed by atoms with Gasteiger partial charge < -0.3 is 0 Å².